The number of rotatable bonds is 6. The van der Waals surface area contributed by atoms with Gasteiger partial charge in [0.15, 0.2) is 11.7 Å². The molecule has 2 heterocycles. The maximum atomic E-state index is 12.3. The van der Waals surface area contributed by atoms with Crippen LogP contribution in [0.15, 0.2) is 27.8 Å². The Morgan fingerprint density at radius 1 is 1.33 bits per heavy atom. The van der Waals surface area contributed by atoms with Crippen molar-refractivity contribution < 1.29 is 13.9 Å². The Labute approximate surface area is 160 Å². The van der Waals surface area contributed by atoms with Gasteiger partial charge in [0.05, 0.1) is 6.26 Å². The van der Waals surface area contributed by atoms with Gasteiger partial charge in [0, 0.05) is 53.0 Å². The highest BCUT2D eigenvalue weighted by molar-refractivity contribution is 14.0. The van der Waals surface area contributed by atoms with Gasteiger partial charge in [-0.05, 0) is 25.5 Å². The van der Waals surface area contributed by atoms with Crippen LogP contribution in [0.2, 0.25) is 0 Å². The van der Waals surface area contributed by atoms with E-state index in [4.69, 9.17) is 9.15 Å². The van der Waals surface area contributed by atoms with Crippen molar-refractivity contribution in [1.82, 2.24) is 15.1 Å². The summed E-state index contributed by atoms with van der Waals surface area (Å²) in [5.41, 5.74) is 0. The second kappa shape index (κ2) is 11.3. The molecule has 1 saturated heterocycles. The number of nitrogens with zero attached hydrogens (tertiary/aromatic N) is 3. The highest BCUT2D eigenvalue weighted by Crippen LogP contribution is 2.09. The van der Waals surface area contributed by atoms with Crippen molar-refractivity contribution in [2.75, 3.05) is 53.0 Å². The molecule has 1 fully saturated rings. The number of piperazine rings is 1. The van der Waals surface area contributed by atoms with Crippen molar-refractivity contribution in [1.29, 1.82) is 0 Å². The second-order valence-electron chi connectivity index (χ2n) is 5.34. The molecule has 8 heteroatoms. The summed E-state index contributed by atoms with van der Waals surface area (Å²) < 4.78 is 10.2. The van der Waals surface area contributed by atoms with Crippen LogP contribution < -0.4 is 5.32 Å². The molecular formula is C16H27IN4O3. The fraction of sp³-hybridized carbons (Fsp3) is 0.625. The number of nitrogens with one attached hydrogen (secondary N) is 1. The minimum atomic E-state index is -0.0447. The molecule has 0 atom stereocenters. The van der Waals surface area contributed by atoms with Gasteiger partial charge in [0.1, 0.15) is 0 Å². The van der Waals surface area contributed by atoms with E-state index in [1.807, 2.05) is 4.90 Å². The van der Waals surface area contributed by atoms with Crippen LogP contribution in [-0.2, 0) is 4.74 Å². The summed E-state index contributed by atoms with van der Waals surface area (Å²) in [5, 5.41) is 3.31. The van der Waals surface area contributed by atoms with Crippen molar-refractivity contribution in [2.45, 2.75) is 13.3 Å². The maximum absolute atomic E-state index is 12.3. The molecule has 0 radical (unpaired) electrons. The monoisotopic (exact) mass is 450 g/mol. The lowest BCUT2D eigenvalue weighted by Crippen LogP contribution is -2.53. The summed E-state index contributed by atoms with van der Waals surface area (Å²) >= 11 is 0. The van der Waals surface area contributed by atoms with Crippen LogP contribution in [0.4, 0.5) is 0 Å². The van der Waals surface area contributed by atoms with Gasteiger partial charge in [-0.2, -0.15) is 0 Å². The first-order chi connectivity index (χ1) is 11.3. The summed E-state index contributed by atoms with van der Waals surface area (Å²) in [6, 6.07) is 3.44. The zero-order valence-electron chi connectivity index (χ0n) is 14.4. The lowest BCUT2D eigenvalue weighted by molar-refractivity contribution is 0.0657. The van der Waals surface area contributed by atoms with Crippen LogP contribution in [0.3, 0.4) is 0 Å². The van der Waals surface area contributed by atoms with E-state index in [1.165, 1.54) is 6.26 Å². The molecule has 0 aromatic carbocycles. The standard InChI is InChI=1S/C16H26N4O3.HI/c1-3-17-16(18-7-5-12-22-2)20-10-8-19(9-11-20)15(21)14-6-4-13-23-14;/h4,6,13H,3,5,7-12H2,1-2H3,(H,17,18);1H. The quantitative estimate of drug-likeness (QED) is 0.309. The number of hydrogen-bond donors (Lipinski definition) is 1. The predicted molar refractivity (Wildman–Crippen MR) is 104 cm³/mol. The van der Waals surface area contributed by atoms with Crippen molar-refractivity contribution in [3.05, 3.63) is 24.2 Å². The average molecular weight is 450 g/mol. The number of methoxy groups -OCH3 is 1. The fourth-order valence-corrected chi connectivity index (χ4v) is 2.50. The summed E-state index contributed by atoms with van der Waals surface area (Å²) in [5.74, 6) is 1.27. The molecule has 0 spiro atoms. The molecule has 2 rings (SSSR count). The zero-order valence-corrected chi connectivity index (χ0v) is 16.7. The largest absolute Gasteiger partial charge is 0.459 e. The highest BCUT2D eigenvalue weighted by atomic mass is 127. The maximum Gasteiger partial charge on any atom is 0.289 e. The lowest BCUT2D eigenvalue weighted by Gasteiger charge is -2.36. The normalized spacial score (nSPS) is 15.2. The van der Waals surface area contributed by atoms with E-state index in [-0.39, 0.29) is 29.9 Å². The Balaban J connectivity index is 0.00000288. The molecule has 0 unspecified atom stereocenters. The molecule has 0 saturated carbocycles. The van der Waals surface area contributed by atoms with E-state index in [0.29, 0.717) is 25.5 Å². The third-order valence-electron chi connectivity index (χ3n) is 3.70. The molecule has 0 bridgehead atoms. The molecule has 1 aliphatic rings. The summed E-state index contributed by atoms with van der Waals surface area (Å²) in [6.45, 7) is 7.21. The van der Waals surface area contributed by atoms with Crippen molar-refractivity contribution >= 4 is 35.8 Å². The number of hydrogen-bond acceptors (Lipinski definition) is 4. The summed E-state index contributed by atoms with van der Waals surface area (Å²) in [6.07, 6.45) is 2.43. The molecule has 1 amide bonds. The molecule has 1 aliphatic heterocycles. The Bertz CT molecular complexity index is 499. The minimum absolute atomic E-state index is 0. The molecule has 136 valence electrons. The minimum Gasteiger partial charge on any atom is -0.459 e. The van der Waals surface area contributed by atoms with Crippen LogP contribution in [-0.4, -0.2) is 74.7 Å². The average Bonchev–Trinajstić information content (AvgIpc) is 3.12. The topological polar surface area (TPSA) is 70.3 Å². The van der Waals surface area contributed by atoms with Crippen molar-refractivity contribution in [3.8, 4) is 0 Å². The van der Waals surface area contributed by atoms with Gasteiger partial charge >= 0.3 is 0 Å². The van der Waals surface area contributed by atoms with Gasteiger partial charge in [-0.25, -0.2) is 0 Å². The third-order valence-corrected chi connectivity index (χ3v) is 3.70. The van der Waals surface area contributed by atoms with E-state index < -0.39 is 0 Å². The number of aliphatic imine (C=N–C) groups is 1. The Morgan fingerprint density at radius 2 is 2.04 bits per heavy atom. The van der Waals surface area contributed by atoms with Crippen molar-refractivity contribution in [3.63, 3.8) is 0 Å². The van der Waals surface area contributed by atoms with Gasteiger partial charge in [-0.3, -0.25) is 9.79 Å². The number of carbonyl (C=O) groups is 1. The van der Waals surface area contributed by atoms with Gasteiger partial charge in [0.2, 0.25) is 0 Å². The van der Waals surface area contributed by atoms with E-state index >= 15 is 0 Å². The molecule has 7 nitrogen and oxygen atoms in total. The molecule has 1 N–H and O–H groups in total. The third kappa shape index (κ3) is 5.97. The van der Waals surface area contributed by atoms with E-state index in [9.17, 15) is 4.79 Å². The van der Waals surface area contributed by atoms with Crippen molar-refractivity contribution in [2.24, 2.45) is 4.99 Å². The molecule has 0 aliphatic carbocycles. The van der Waals surface area contributed by atoms with Crippen LogP contribution in [0.5, 0.6) is 0 Å². The number of amides is 1. The van der Waals surface area contributed by atoms with Gasteiger partial charge < -0.3 is 24.3 Å². The van der Waals surface area contributed by atoms with Gasteiger partial charge in [0.25, 0.3) is 5.91 Å². The highest BCUT2D eigenvalue weighted by Gasteiger charge is 2.24. The smallest absolute Gasteiger partial charge is 0.289 e. The number of carbonyl (C=O) groups excluding carboxylic acids is 1. The lowest BCUT2D eigenvalue weighted by atomic mass is 10.3. The first kappa shape index (κ1) is 20.8. The van der Waals surface area contributed by atoms with Crippen LogP contribution in [0.25, 0.3) is 0 Å². The van der Waals surface area contributed by atoms with E-state index in [0.717, 1.165) is 38.6 Å². The summed E-state index contributed by atoms with van der Waals surface area (Å²) in [4.78, 5) is 20.9. The fourth-order valence-electron chi connectivity index (χ4n) is 2.50. The van der Waals surface area contributed by atoms with Gasteiger partial charge in [-0.1, -0.05) is 0 Å². The Kier molecular flexibility index (Phi) is 9.77. The second-order valence-corrected chi connectivity index (χ2v) is 5.34. The Hall–Kier alpha value is -1.29. The number of guanidine groups is 1. The summed E-state index contributed by atoms with van der Waals surface area (Å²) in [7, 11) is 1.70. The first-order valence-corrected chi connectivity index (χ1v) is 8.11. The Morgan fingerprint density at radius 3 is 2.62 bits per heavy atom. The predicted octanol–water partition coefficient (Wildman–Crippen LogP) is 1.66. The van der Waals surface area contributed by atoms with Crippen LogP contribution in [0.1, 0.15) is 23.9 Å². The molecule has 24 heavy (non-hydrogen) atoms. The van der Waals surface area contributed by atoms with Crippen LogP contribution >= 0.6 is 24.0 Å². The zero-order chi connectivity index (χ0) is 16.5. The first-order valence-electron chi connectivity index (χ1n) is 8.11. The SMILES string of the molecule is CCNC(=NCCCOC)N1CCN(C(=O)c2ccco2)CC1.I. The number of furan rings is 1. The van der Waals surface area contributed by atoms with Crippen LogP contribution in [0, 0.1) is 0 Å². The molecule has 1 aromatic heterocycles. The van der Waals surface area contributed by atoms with E-state index in [1.54, 1.807) is 19.2 Å². The molecule has 1 aromatic rings. The molecular weight excluding hydrogens is 423 g/mol. The van der Waals surface area contributed by atoms with E-state index in [2.05, 4.69) is 22.1 Å². The van der Waals surface area contributed by atoms with Gasteiger partial charge in [-0.15, -0.1) is 24.0 Å². The number of halogens is 1. The number of ether oxygens (including phenoxy) is 1.